The Balaban J connectivity index is 1.43. The molecule has 0 amide bonds. The Bertz CT molecular complexity index is 1090. The predicted molar refractivity (Wildman–Crippen MR) is 117 cm³/mol. The van der Waals surface area contributed by atoms with Crippen molar-refractivity contribution in [1.82, 2.24) is 4.31 Å². The second-order valence-electron chi connectivity index (χ2n) is 8.60. The lowest BCUT2D eigenvalue weighted by atomic mass is 9.85. The largest absolute Gasteiger partial charge is 0.486 e. The topological polar surface area (TPSA) is 82.1 Å². The van der Waals surface area contributed by atoms with Gasteiger partial charge >= 0.3 is 5.97 Å². The average molecular weight is 458 g/mol. The molecule has 2 fully saturated rings. The van der Waals surface area contributed by atoms with Crippen molar-refractivity contribution in [3.8, 4) is 11.5 Å². The Kier molecular flexibility index (Phi) is 5.82. The van der Waals surface area contributed by atoms with E-state index in [1.54, 1.807) is 6.07 Å². The summed E-state index contributed by atoms with van der Waals surface area (Å²) in [4.78, 5) is 13.2. The molecule has 2 heterocycles. The van der Waals surface area contributed by atoms with Gasteiger partial charge in [0.25, 0.3) is 0 Å². The van der Waals surface area contributed by atoms with Crippen molar-refractivity contribution in [3.63, 3.8) is 0 Å². The maximum Gasteiger partial charge on any atom is 0.324 e. The van der Waals surface area contributed by atoms with Crippen molar-refractivity contribution >= 4 is 16.0 Å². The molecule has 2 aromatic rings. The van der Waals surface area contributed by atoms with E-state index in [0.717, 1.165) is 31.2 Å². The summed E-state index contributed by atoms with van der Waals surface area (Å²) >= 11 is 0. The van der Waals surface area contributed by atoms with Crippen molar-refractivity contribution in [3.05, 3.63) is 54.1 Å². The summed E-state index contributed by atoms with van der Waals surface area (Å²) in [6, 6.07) is 13.1. The lowest BCUT2D eigenvalue weighted by Crippen LogP contribution is -2.46. The van der Waals surface area contributed by atoms with Crippen molar-refractivity contribution in [1.29, 1.82) is 0 Å². The molecule has 5 rings (SSSR count). The molecular weight excluding hydrogens is 430 g/mol. The van der Waals surface area contributed by atoms with E-state index in [2.05, 4.69) is 0 Å². The van der Waals surface area contributed by atoms with Crippen molar-refractivity contribution < 1.29 is 27.4 Å². The number of hydrogen-bond acceptors (Lipinski definition) is 6. The summed E-state index contributed by atoms with van der Waals surface area (Å²) in [7, 11) is -3.92. The highest BCUT2D eigenvalue weighted by Crippen LogP contribution is 2.44. The number of ether oxygens (including phenoxy) is 3. The molecule has 2 aromatic carbocycles. The molecule has 0 radical (unpaired) electrons. The first kappa shape index (κ1) is 21.3. The molecule has 32 heavy (non-hydrogen) atoms. The third-order valence-corrected chi connectivity index (χ3v) is 8.54. The lowest BCUT2D eigenvalue weighted by Gasteiger charge is -2.32. The quantitative estimate of drug-likeness (QED) is 0.639. The summed E-state index contributed by atoms with van der Waals surface area (Å²) in [5.74, 6) is 0.639. The molecule has 0 aromatic heterocycles. The summed E-state index contributed by atoms with van der Waals surface area (Å²) in [5.41, 5.74) is 0.873. The fourth-order valence-electron chi connectivity index (χ4n) is 5.10. The van der Waals surface area contributed by atoms with Crippen LogP contribution in [0.3, 0.4) is 0 Å². The molecule has 1 saturated carbocycles. The Hall–Kier alpha value is -2.58. The lowest BCUT2D eigenvalue weighted by molar-refractivity contribution is -0.149. The van der Waals surface area contributed by atoms with Gasteiger partial charge in [-0.2, -0.15) is 4.31 Å². The van der Waals surface area contributed by atoms with E-state index in [0.29, 0.717) is 31.1 Å². The van der Waals surface area contributed by atoms with Crippen LogP contribution in [-0.4, -0.2) is 44.0 Å². The first-order valence-corrected chi connectivity index (χ1v) is 12.6. The number of carbonyl (C=O) groups is 1. The molecule has 2 aliphatic heterocycles. The van der Waals surface area contributed by atoms with E-state index in [1.165, 1.54) is 16.4 Å². The van der Waals surface area contributed by atoms with Gasteiger partial charge in [-0.15, -0.1) is 0 Å². The molecule has 1 saturated heterocycles. The van der Waals surface area contributed by atoms with Crippen LogP contribution in [0.2, 0.25) is 0 Å². The average Bonchev–Trinajstić information content (AvgIpc) is 3.23. The molecule has 3 atom stereocenters. The standard InChI is InChI=1S/C24H27NO6S/c26-24(31-16-17-6-2-1-3-7-17)21-14-18-8-4-5-9-20(18)25(21)32(27,28)19-10-11-22-23(15-19)30-13-12-29-22/h1-3,6-7,10-11,15,18,20-21H,4-5,8-9,12-14,16H2/t18-,20+,21+/m1/s1. The van der Waals surface area contributed by atoms with Crippen molar-refractivity contribution in [2.24, 2.45) is 5.92 Å². The molecule has 0 unspecified atom stereocenters. The number of fused-ring (bicyclic) bond motifs is 2. The minimum Gasteiger partial charge on any atom is -0.486 e. The van der Waals surface area contributed by atoms with Crippen molar-refractivity contribution in [2.45, 2.75) is 55.7 Å². The van der Waals surface area contributed by atoms with E-state index >= 15 is 0 Å². The SMILES string of the molecule is O=C(OCc1ccccc1)[C@@H]1C[C@H]2CCCC[C@@H]2N1S(=O)(=O)c1ccc2c(c1)OCCO2. The highest BCUT2D eigenvalue weighted by atomic mass is 32.2. The van der Waals surface area contributed by atoms with E-state index < -0.39 is 22.0 Å². The Morgan fingerprint density at radius 1 is 1.00 bits per heavy atom. The number of nitrogens with zero attached hydrogens (tertiary/aromatic N) is 1. The maximum atomic E-state index is 13.8. The van der Waals surface area contributed by atoms with Crippen LogP contribution >= 0.6 is 0 Å². The van der Waals surface area contributed by atoms with Crippen LogP contribution < -0.4 is 9.47 Å². The maximum absolute atomic E-state index is 13.8. The smallest absolute Gasteiger partial charge is 0.324 e. The van der Waals surface area contributed by atoms with E-state index in [-0.39, 0.29) is 23.5 Å². The zero-order chi connectivity index (χ0) is 22.1. The molecule has 0 bridgehead atoms. The Morgan fingerprint density at radius 3 is 2.56 bits per heavy atom. The molecule has 7 nitrogen and oxygen atoms in total. The highest BCUT2D eigenvalue weighted by Gasteiger charge is 2.51. The first-order valence-electron chi connectivity index (χ1n) is 11.2. The second-order valence-corrected chi connectivity index (χ2v) is 10.4. The fraction of sp³-hybridized carbons (Fsp3) is 0.458. The van der Waals surface area contributed by atoms with Gasteiger partial charge in [0.2, 0.25) is 10.0 Å². The molecular formula is C24H27NO6S. The van der Waals surface area contributed by atoms with E-state index in [4.69, 9.17) is 14.2 Å². The summed E-state index contributed by atoms with van der Waals surface area (Å²) in [6.45, 7) is 0.938. The summed E-state index contributed by atoms with van der Waals surface area (Å²) in [5, 5.41) is 0. The van der Waals surface area contributed by atoms with Gasteiger partial charge in [0.1, 0.15) is 25.9 Å². The predicted octanol–water partition coefficient (Wildman–Crippen LogP) is 3.52. The number of sulfonamides is 1. The van der Waals surface area contributed by atoms with Crippen LogP contribution in [0.4, 0.5) is 0 Å². The van der Waals surface area contributed by atoms with Crippen molar-refractivity contribution in [2.75, 3.05) is 13.2 Å². The van der Waals surface area contributed by atoms with Gasteiger partial charge in [-0.25, -0.2) is 8.42 Å². The molecule has 0 N–H and O–H groups in total. The fourth-order valence-corrected chi connectivity index (χ4v) is 6.98. The first-order chi connectivity index (χ1) is 15.5. The second kappa shape index (κ2) is 8.75. The Morgan fingerprint density at radius 2 is 1.75 bits per heavy atom. The summed E-state index contributed by atoms with van der Waals surface area (Å²) in [6.07, 6.45) is 4.21. The number of carbonyl (C=O) groups excluding carboxylic acids is 1. The number of benzene rings is 2. The van der Waals surface area contributed by atoms with Crippen LogP contribution in [0.5, 0.6) is 11.5 Å². The third kappa shape index (κ3) is 3.97. The van der Waals surface area contributed by atoms with Crippen LogP contribution in [0.15, 0.2) is 53.4 Å². The normalized spacial score (nSPS) is 25.2. The molecule has 8 heteroatoms. The monoisotopic (exact) mass is 457 g/mol. The van der Waals surface area contributed by atoms with Crippen LogP contribution in [0, 0.1) is 5.92 Å². The van der Waals surface area contributed by atoms with Gasteiger partial charge in [-0.05, 0) is 42.9 Å². The highest BCUT2D eigenvalue weighted by molar-refractivity contribution is 7.89. The summed E-state index contributed by atoms with van der Waals surface area (Å²) < 4.78 is 45.7. The van der Waals surface area contributed by atoms with Gasteiger partial charge in [0.15, 0.2) is 11.5 Å². The van der Waals surface area contributed by atoms with E-state index in [1.807, 2.05) is 30.3 Å². The zero-order valence-corrected chi connectivity index (χ0v) is 18.6. The van der Waals surface area contributed by atoms with Crippen LogP contribution in [0.1, 0.15) is 37.7 Å². The van der Waals surface area contributed by atoms with Gasteiger partial charge in [0, 0.05) is 12.1 Å². The number of rotatable bonds is 5. The molecule has 0 spiro atoms. The molecule has 170 valence electrons. The van der Waals surface area contributed by atoms with E-state index in [9.17, 15) is 13.2 Å². The molecule has 1 aliphatic carbocycles. The van der Waals surface area contributed by atoms with Gasteiger partial charge in [-0.1, -0.05) is 43.2 Å². The van der Waals surface area contributed by atoms with Crippen LogP contribution in [-0.2, 0) is 26.2 Å². The zero-order valence-electron chi connectivity index (χ0n) is 17.8. The minimum atomic E-state index is -3.92. The number of hydrogen-bond donors (Lipinski definition) is 0. The van der Waals surface area contributed by atoms with Gasteiger partial charge in [0.05, 0.1) is 4.90 Å². The Labute approximate surface area is 188 Å². The minimum absolute atomic E-state index is 0.119. The number of esters is 1. The van der Waals surface area contributed by atoms with Gasteiger partial charge in [-0.3, -0.25) is 4.79 Å². The molecule has 3 aliphatic rings. The van der Waals surface area contributed by atoms with Gasteiger partial charge < -0.3 is 14.2 Å². The third-order valence-electron chi connectivity index (χ3n) is 6.61. The van der Waals surface area contributed by atoms with Crippen LogP contribution in [0.25, 0.3) is 0 Å².